The van der Waals surface area contributed by atoms with Gasteiger partial charge in [-0.15, -0.1) is 0 Å². The van der Waals surface area contributed by atoms with E-state index in [2.05, 4.69) is 176 Å². The summed E-state index contributed by atoms with van der Waals surface area (Å²) in [6.07, 6.45) is 13.4. The highest BCUT2D eigenvalue weighted by atomic mass is 15.1. The first-order valence-electron chi connectivity index (χ1n) is 23.9. The number of hydrogen-bond donors (Lipinski definition) is 0. The molecule has 0 aromatic heterocycles. The highest BCUT2D eigenvalue weighted by molar-refractivity contribution is 6.08. The van der Waals surface area contributed by atoms with Crippen LogP contribution in [0.3, 0.4) is 0 Å². The Kier molecular flexibility index (Phi) is 8.48. The first-order valence-corrected chi connectivity index (χ1v) is 23.9. The molecule has 4 bridgehead atoms. The second-order valence-electron chi connectivity index (χ2n) is 19.9. The van der Waals surface area contributed by atoms with E-state index >= 15 is 0 Å². The molecule has 7 aromatic carbocycles. The van der Waals surface area contributed by atoms with Crippen LogP contribution in [0.15, 0.2) is 169 Å². The molecule has 1 unspecified atom stereocenters. The van der Waals surface area contributed by atoms with Crippen molar-refractivity contribution in [1.82, 2.24) is 0 Å². The Morgan fingerprint density at radius 1 is 0.500 bits per heavy atom. The van der Waals surface area contributed by atoms with E-state index in [0.29, 0.717) is 0 Å². The predicted octanol–water partition coefficient (Wildman–Crippen LogP) is 16.6. The van der Waals surface area contributed by atoms with Crippen LogP contribution in [0.25, 0.3) is 50.1 Å². The number of allylic oxidation sites excluding steroid dienone is 1. The van der Waals surface area contributed by atoms with E-state index in [1.807, 2.05) is 0 Å². The summed E-state index contributed by atoms with van der Waals surface area (Å²) in [4.78, 5) is 2.63. The summed E-state index contributed by atoms with van der Waals surface area (Å²) in [7, 11) is 0. The van der Waals surface area contributed by atoms with Crippen molar-refractivity contribution >= 4 is 22.6 Å². The molecule has 1 spiro atoms. The quantitative estimate of drug-likeness (QED) is 0.162. The number of hydrogen-bond acceptors (Lipinski definition) is 1. The van der Waals surface area contributed by atoms with Crippen molar-refractivity contribution in [3.8, 4) is 44.5 Å². The summed E-state index contributed by atoms with van der Waals surface area (Å²) in [6.45, 7) is 2.39. The molecular weight excluding hydrogens is 747 g/mol. The van der Waals surface area contributed by atoms with Gasteiger partial charge in [0.2, 0.25) is 0 Å². The average Bonchev–Trinajstić information content (AvgIpc) is 3.82. The number of benzene rings is 7. The summed E-state index contributed by atoms with van der Waals surface area (Å²) in [5.41, 5.74) is 23.8. The van der Waals surface area contributed by atoms with Crippen molar-refractivity contribution < 1.29 is 0 Å². The molecule has 62 heavy (non-hydrogen) atoms. The molecule has 7 aliphatic rings. The number of fused-ring (bicyclic) bond motifs is 6. The highest BCUT2D eigenvalue weighted by Gasteiger charge is 2.61. The van der Waals surface area contributed by atoms with Crippen LogP contribution < -0.4 is 4.90 Å². The lowest BCUT2D eigenvalue weighted by Gasteiger charge is -2.61. The molecule has 7 aliphatic carbocycles. The van der Waals surface area contributed by atoms with E-state index in [0.717, 1.165) is 29.6 Å². The molecule has 0 aliphatic heterocycles. The number of rotatable bonds is 6. The Balaban J connectivity index is 0.990. The van der Waals surface area contributed by atoms with Gasteiger partial charge in [0.15, 0.2) is 0 Å². The maximum Gasteiger partial charge on any atom is 0.0546 e. The third-order valence-corrected chi connectivity index (χ3v) is 16.8. The summed E-state index contributed by atoms with van der Waals surface area (Å²) < 4.78 is 0. The standard InChI is InChI=1S/C61H55N/c1-2-39-12-10-15-46(33-39)59-53-17-6-7-18-54(53)60-55(59)19-11-21-58(60)62(49-28-26-45(27-29-49)44-24-22-43(23-25-44)42-13-4-3-5-14-42)50-30-31-52-51-16-8-9-20-56(51)61(57(52)38-50)47-34-40-32-41(36-47)37-48(61)35-40/h3-9,11,13-14,16-31,38-41,47-48H,2,10,12,15,32-37H2,1H3/b59-46-. The van der Waals surface area contributed by atoms with E-state index in [1.165, 1.54) is 142 Å². The molecule has 14 rings (SSSR count). The monoisotopic (exact) mass is 801 g/mol. The van der Waals surface area contributed by atoms with Gasteiger partial charge in [-0.25, -0.2) is 0 Å². The first-order chi connectivity index (χ1) is 30.7. The SMILES string of the molecule is CCC1CCC/C(=C2\c3ccccc3-c3c2cccc3N(c2ccc(-c3ccc(-c4ccccc4)cc3)cc2)c2ccc3c(c2)C2(c4ccccc4-3)C3CC4CC(C3)CC2C4)C1. The third kappa shape index (κ3) is 5.46. The van der Waals surface area contributed by atoms with Gasteiger partial charge in [0, 0.05) is 22.4 Å². The van der Waals surface area contributed by atoms with E-state index < -0.39 is 0 Å². The van der Waals surface area contributed by atoms with Gasteiger partial charge in [-0.3, -0.25) is 0 Å². The van der Waals surface area contributed by atoms with Gasteiger partial charge in [0.05, 0.1) is 5.69 Å². The molecule has 5 saturated carbocycles. The summed E-state index contributed by atoms with van der Waals surface area (Å²) in [6, 6.07) is 63.0. The number of anilines is 3. The predicted molar refractivity (Wildman–Crippen MR) is 259 cm³/mol. The lowest BCUT2D eigenvalue weighted by atomic mass is 9.43. The lowest BCUT2D eigenvalue weighted by Crippen LogP contribution is -2.55. The molecule has 0 radical (unpaired) electrons. The van der Waals surface area contributed by atoms with Gasteiger partial charge in [-0.2, -0.15) is 0 Å². The topological polar surface area (TPSA) is 3.24 Å². The van der Waals surface area contributed by atoms with Crippen LogP contribution in [-0.4, -0.2) is 0 Å². The lowest BCUT2D eigenvalue weighted by molar-refractivity contribution is -0.0399. The average molecular weight is 802 g/mol. The Labute approximate surface area is 368 Å². The largest absolute Gasteiger partial charge is 0.310 e. The third-order valence-electron chi connectivity index (χ3n) is 16.8. The molecule has 1 nitrogen and oxygen atoms in total. The van der Waals surface area contributed by atoms with Crippen molar-refractivity contribution in [2.75, 3.05) is 4.90 Å². The van der Waals surface area contributed by atoms with E-state index in [-0.39, 0.29) is 5.41 Å². The van der Waals surface area contributed by atoms with Crippen LogP contribution in [0, 0.1) is 29.6 Å². The van der Waals surface area contributed by atoms with Crippen LogP contribution in [0.5, 0.6) is 0 Å². The van der Waals surface area contributed by atoms with Crippen LogP contribution in [-0.2, 0) is 5.41 Å². The van der Waals surface area contributed by atoms with Crippen molar-refractivity contribution in [2.24, 2.45) is 29.6 Å². The zero-order valence-corrected chi connectivity index (χ0v) is 36.0. The number of nitrogens with zero attached hydrogens (tertiary/aromatic N) is 1. The zero-order valence-electron chi connectivity index (χ0n) is 36.0. The molecule has 0 amide bonds. The molecule has 1 atom stereocenters. The van der Waals surface area contributed by atoms with Crippen LogP contribution in [0.2, 0.25) is 0 Å². The molecule has 1 heteroatoms. The van der Waals surface area contributed by atoms with Gasteiger partial charge in [-0.1, -0.05) is 152 Å². The van der Waals surface area contributed by atoms with E-state index in [9.17, 15) is 0 Å². The van der Waals surface area contributed by atoms with Crippen molar-refractivity contribution in [3.05, 3.63) is 192 Å². The van der Waals surface area contributed by atoms with Crippen molar-refractivity contribution in [2.45, 2.75) is 76.5 Å². The van der Waals surface area contributed by atoms with Crippen molar-refractivity contribution in [1.29, 1.82) is 0 Å². The molecule has 0 heterocycles. The fraction of sp³-hybridized carbons (Fsp3) is 0.279. The van der Waals surface area contributed by atoms with Gasteiger partial charge in [-0.05, 0) is 184 Å². The minimum absolute atomic E-state index is 0.108. The van der Waals surface area contributed by atoms with Crippen molar-refractivity contribution in [3.63, 3.8) is 0 Å². The molecule has 304 valence electrons. The van der Waals surface area contributed by atoms with Crippen LogP contribution in [0.4, 0.5) is 17.1 Å². The fourth-order valence-corrected chi connectivity index (χ4v) is 14.4. The molecule has 0 saturated heterocycles. The van der Waals surface area contributed by atoms with Gasteiger partial charge in [0.25, 0.3) is 0 Å². The smallest absolute Gasteiger partial charge is 0.0546 e. The summed E-state index contributed by atoms with van der Waals surface area (Å²) in [5, 5.41) is 0. The van der Waals surface area contributed by atoms with E-state index in [4.69, 9.17) is 0 Å². The summed E-state index contributed by atoms with van der Waals surface area (Å²) >= 11 is 0. The molecular formula is C61H55N. The van der Waals surface area contributed by atoms with Crippen LogP contribution >= 0.6 is 0 Å². The minimum Gasteiger partial charge on any atom is -0.310 e. The van der Waals surface area contributed by atoms with Crippen LogP contribution in [0.1, 0.15) is 93.4 Å². The fourth-order valence-electron chi connectivity index (χ4n) is 14.4. The van der Waals surface area contributed by atoms with Gasteiger partial charge < -0.3 is 4.90 Å². The van der Waals surface area contributed by atoms with Gasteiger partial charge >= 0.3 is 0 Å². The molecule has 5 fully saturated rings. The molecule has 7 aromatic rings. The zero-order chi connectivity index (χ0) is 40.9. The second-order valence-corrected chi connectivity index (χ2v) is 19.9. The maximum atomic E-state index is 2.68. The van der Waals surface area contributed by atoms with Gasteiger partial charge in [0.1, 0.15) is 0 Å². The normalized spacial score (nSPS) is 26.0. The Morgan fingerprint density at radius 3 is 1.79 bits per heavy atom. The van der Waals surface area contributed by atoms with E-state index in [1.54, 1.807) is 16.7 Å². The Hall–Kier alpha value is -5.92. The summed E-state index contributed by atoms with van der Waals surface area (Å²) in [5.74, 6) is 4.06. The second kappa shape index (κ2) is 14.3. The Bertz CT molecular complexity index is 2870. The Morgan fingerprint density at radius 2 is 1.08 bits per heavy atom. The first kappa shape index (κ1) is 36.7. The highest BCUT2D eigenvalue weighted by Crippen LogP contribution is 2.70. The molecule has 0 N–H and O–H groups in total. The maximum absolute atomic E-state index is 2.68. The minimum atomic E-state index is 0.108.